The van der Waals surface area contributed by atoms with E-state index in [1.807, 2.05) is 24.4 Å². The Morgan fingerprint density at radius 3 is 2.53 bits per heavy atom. The summed E-state index contributed by atoms with van der Waals surface area (Å²) in [5, 5.41) is 2.28. The van der Waals surface area contributed by atoms with Gasteiger partial charge in [-0.1, -0.05) is 12.1 Å². The van der Waals surface area contributed by atoms with Crippen molar-refractivity contribution in [2.45, 2.75) is 0 Å². The fourth-order valence-corrected chi connectivity index (χ4v) is 1.70. The van der Waals surface area contributed by atoms with Crippen molar-refractivity contribution in [3.63, 3.8) is 0 Å². The Labute approximate surface area is 97.8 Å². The van der Waals surface area contributed by atoms with Crippen molar-refractivity contribution in [2.24, 2.45) is 0 Å². The summed E-state index contributed by atoms with van der Waals surface area (Å²) in [5.41, 5.74) is 2.02. The maximum Gasteiger partial charge on any atom is 0.0795 e. The van der Waals surface area contributed by atoms with Gasteiger partial charge >= 0.3 is 0 Å². The van der Waals surface area contributed by atoms with Gasteiger partial charge in [0.05, 0.1) is 11.0 Å². The summed E-state index contributed by atoms with van der Waals surface area (Å²) < 4.78 is 0. The number of nitrogens with zero attached hydrogens (tertiary/aromatic N) is 2. The third-order valence-corrected chi connectivity index (χ3v) is 2.35. The van der Waals surface area contributed by atoms with E-state index < -0.39 is 0 Å². The van der Waals surface area contributed by atoms with Crippen LogP contribution >= 0.6 is 0 Å². The van der Waals surface area contributed by atoms with E-state index in [2.05, 4.69) is 28.2 Å². The standard InChI is InChI=1S/C12H8N2.Mn/c1-3-9-5-6-11-10(4-2-7-13-11)12(9)14-8-1;/h1-8H;. The van der Waals surface area contributed by atoms with E-state index in [1.54, 1.807) is 6.20 Å². The van der Waals surface area contributed by atoms with Gasteiger partial charge in [-0.3, -0.25) is 9.97 Å². The second-order valence-corrected chi connectivity index (χ2v) is 3.21. The zero-order valence-electron chi connectivity index (χ0n) is 7.89. The maximum absolute atomic E-state index is 4.37. The quantitative estimate of drug-likeness (QED) is 0.442. The molecule has 0 N–H and O–H groups in total. The molecule has 3 rings (SSSR count). The van der Waals surface area contributed by atoms with Crippen LogP contribution in [0.4, 0.5) is 0 Å². The molecule has 0 amide bonds. The molecule has 3 heteroatoms. The van der Waals surface area contributed by atoms with Crippen molar-refractivity contribution in [1.29, 1.82) is 0 Å². The Hall–Kier alpha value is -1.44. The predicted molar refractivity (Wildman–Crippen MR) is 57.0 cm³/mol. The van der Waals surface area contributed by atoms with Gasteiger partial charge in [-0.15, -0.1) is 0 Å². The molecule has 0 spiro atoms. The minimum atomic E-state index is 0. The molecule has 3 aromatic rings. The van der Waals surface area contributed by atoms with E-state index in [0.717, 1.165) is 21.8 Å². The summed E-state index contributed by atoms with van der Waals surface area (Å²) in [4.78, 5) is 8.66. The van der Waals surface area contributed by atoms with Crippen LogP contribution in [0.5, 0.6) is 0 Å². The number of pyridine rings is 2. The molecular formula is C12H8MnN2. The topological polar surface area (TPSA) is 25.8 Å². The first-order valence-corrected chi connectivity index (χ1v) is 4.53. The number of fused-ring (bicyclic) bond motifs is 3. The first-order valence-electron chi connectivity index (χ1n) is 4.53. The third kappa shape index (κ3) is 1.60. The zero-order valence-corrected chi connectivity index (χ0v) is 9.07. The number of hydrogen-bond donors (Lipinski definition) is 0. The molecule has 0 bridgehead atoms. The van der Waals surface area contributed by atoms with Crippen LogP contribution in [0.15, 0.2) is 48.8 Å². The molecule has 15 heavy (non-hydrogen) atoms. The van der Waals surface area contributed by atoms with Gasteiger partial charge in [0.15, 0.2) is 0 Å². The molecule has 0 unspecified atom stereocenters. The van der Waals surface area contributed by atoms with Gasteiger partial charge in [-0.05, 0) is 24.3 Å². The zero-order chi connectivity index (χ0) is 9.38. The Morgan fingerprint density at radius 1 is 0.800 bits per heavy atom. The van der Waals surface area contributed by atoms with Crippen LogP contribution in [-0.2, 0) is 17.1 Å². The molecule has 0 saturated heterocycles. The van der Waals surface area contributed by atoms with E-state index in [-0.39, 0.29) is 17.1 Å². The summed E-state index contributed by atoms with van der Waals surface area (Å²) in [6.45, 7) is 0. The summed E-state index contributed by atoms with van der Waals surface area (Å²) in [6.07, 6.45) is 3.62. The summed E-state index contributed by atoms with van der Waals surface area (Å²) in [6, 6.07) is 12.1. The largest absolute Gasteiger partial charge is 0.256 e. The van der Waals surface area contributed by atoms with Gasteiger partial charge in [-0.2, -0.15) is 0 Å². The van der Waals surface area contributed by atoms with Crippen LogP contribution < -0.4 is 0 Å². The van der Waals surface area contributed by atoms with Crippen molar-refractivity contribution >= 4 is 21.8 Å². The van der Waals surface area contributed by atoms with Crippen LogP contribution in [0.2, 0.25) is 0 Å². The minimum Gasteiger partial charge on any atom is -0.256 e. The molecule has 0 aliphatic heterocycles. The van der Waals surface area contributed by atoms with Crippen molar-refractivity contribution in [3.05, 3.63) is 48.8 Å². The second kappa shape index (κ2) is 3.97. The number of aromatic nitrogens is 2. The average Bonchev–Trinajstić information content (AvgIpc) is 2.29. The molecule has 0 fully saturated rings. The molecule has 2 heterocycles. The summed E-state index contributed by atoms with van der Waals surface area (Å²) in [5.74, 6) is 0. The van der Waals surface area contributed by atoms with E-state index in [9.17, 15) is 0 Å². The smallest absolute Gasteiger partial charge is 0.0795 e. The first-order chi connectivity index (χ1) is 6.95. The molecule has 0 aliphatic rings. The van der Waals surface area contributed by atoms with E-state index in [0.29, 0.717) is 0 Å². The fourth-order valence-electron chi connectivity index (χ4n) is 1.70. The number of benzene rings is 1. The number of rotatable bonds is 0. The second-order valence-electron chi connectivity index (χ2n) is 3.21. The molecule has 0 atom stereocenters. The van der Waals surface area contributed by atoms with Crippen LogP contribution in [-0.4, -0.2) is 9.97 Å². The van der Waals surface area contributed by atoms with Gasteiger partial charge < -0.3 is 0 Å². The molecule has 2 aromatic heterocycles. The fraction of sp³-hybridized carbons (Fsp3) is 0. The van der Waals surface area contributed by atoms with Crippen LogP contribution in [0.25, 0.3) is 21.8 Å². The maximum atomic E-state index is 4.37. The van der Waals surface area contributed by atoms with Crippen LogP contribution in [0.1, 0.15) is 0 Å². The van der Waals surface area contributed by atoms with Gasteiger partial charge in [0.1, 0.15) is 0 Å². The Morgan fingerprint density at radius 2 is 1.60 bits per heavy atom. The molecule has 2 nitrogen and oxygen atoms in total. The Bertz CT molecular complexity index is 553. The van der Waals surface area contributed by atoms with Gasteiger partial charge in [0, 0.05) is 40.2 Å². The third-order valence-electron chi connectivity index (χ3n) is 2.35. The van der Waals surface area contributed by atoms with E-state index in [4.69, 9.17) is 0 Å². The molecule has 0 saturated carbocycles. The van der Waals surface area contributed by atoms with Gasteiger partial charge in [0.2, 0.25) is 0 Å². The predicted octanol–water partition coefficient (Wildman–Crippen LogP) is 2.78. The van der Waals surface area contributed by atoms with Crippen LogP contribution in [0.3, 0.4) is 0 Å². The monoisotopic (exact) mass is 235 g/mol. The minimum absolute atomic E-state index is 0. The normalized spacial score (nSPS) is 10.1. The summed E-state index contributed by atoms with van der Waals surface area (Å²) >= 11 is 0. The van der Waals surface area contributed by atoms with Gasteiger partial charge in [0.25, 0.3) is 0 Å². The summed E-state index contributed by atoms with van der Waals surface area (Å²) in [7, 11) is 0. The van der Waals surface area contributed by atoms with E-state index in [1.165, 1.54) is 0 Å². The Balaban J connectivity index is 0.000000853. The van der Waals surface area contributed by atoms with Crippen LogP contribution in [0, 0.1) is 0 Å². The molecular weight excluding hydrogens is 227 g/mol. The van der Waals surface area contributed by atoms with Crippen molar-refractivity contribution in [3.8, 4) is 0 Å². The molecule has 0 aliphatic carbocycles. The Kier molecular flexibility index (Phi) is 2.67. The van der Waals surface area contributed by atoms with E-state index >= 15 is 0 Å². The molecule has 1 radical (unpaired) electrons. The van der Waals surface area contributed by atoms with Crippen molar-refractivity contribution < 1.29 is 17.1 Å². The van der Waals surface area contributed by atoms with Crippen molar-refractivity contribution in [1.82, 2.24) is 9.97 Å². The first kappa shape index (κ1) is 10.1. The number of hydrogen-bond acceptors (Lipinski definition) is 2. The molecule has 73 valence electrons. The van der Waals surface area contributed by atoms with Crippen molar-refractivity contribution in [2.75, 3.05) is 0 Å². The molecule has 1 aromatic carbocycles. The SMILES string of the molecule is [Mn].c1cnc2c(c1)ccc1ncccc12. The van der Waals surface area contributed by atoms with Gasteiger partial charge in [-0.25, -0.2) is 0 Å². The average molecular weight is 235 g/mol.